The van der Waals surface area contributed by atoms with Crippen LogP contribution in [0.25, 0.3) is 0 Å². The first-order chi connectivity index (χ1) is 12.5. The van der Waals surface area contributed by atoms with Gasteiger partial charge in [-0.1, -0.05) is 17.7 Å². The number of rotatable bonds is 5. The molecule has 138 valence electrons. The van der Waals surface area contributed by atoms with Gasteiger partial charge in [-0.3, -0.25) is 4.79 Å². The predicted molar refractivity (Wildman–Crippen MR) is 105 cm³/mol. The Kier molecular flexibility index (Phi) is 5.93. The van der Waals surface area contributed by atoms with E-state index >= 15 is 0 Å². The first-order valence-electron chi connectivity index (χ1n) is 8.84. The summed E-state index contributed by atoms with van der Waals surface area (Å²) >= 11 is 5.96. The van der Waals surface area contributed by atoms with Crippen LogP contribution in [-0.4, -0.2) is 42.1 Å². The standard InChI is InChI=1S/C19H24ClN5O/c1-25(2)17-10-11-21-19(24-17)23-16-8-6-15(7-9-16)22-18(26)13-4-3-5-14(20)12-13/h3-5,10-12,15-16H,6-9H2,1-2H3,(H,22,26)(H,21,23,24). The molecule has 1 aliphatic rings. The Morgan fingerprint density at radius 1 is 1.15 bits per heavy atom. The Balaban J connectivity index is 1.50. The summed E-state index contributed by atoms with van der Waals surface area (Å²) in [4.78, 5) is 23.1. The first-order valence-corrected chi connectivity index (χ1v) is 9.22. The van der Waals surface area contributed by atoms with E-state index in [9.17, 15) is 4.79 Å². The first kappa shape index (κ1) is 18.5. The van der Waals surface area contributed by atoms with Crippen molar-refractivity contribution in [3.8, 4) is 0 Å². The Labute approximate surface area is 159 Å². The zero-order chi connectivity index (χ0) is 18.5. The molecule has 0 spiro atoms. The summed E-state index contributed by atoms with van der Waals surface area (Å²) in [6, 6.07) is 9.43. The third-order valence-corrected chi connectivity index (χ3v) is 4.82. The fourth-order valence-electron chi connectivity index (χ4n) is 3.13. The molecule has 3 rings (SSSR count). The van der Waals surface area contributed by atoms with Crippen molar-refractivity contribution in [2.75, 3.05) is 24.3 Å². The third kappa shape index (κ3) is 4.85. The number of carbonyl (C=O) groups is 1. The molecule has 1 heterocycles. The van der Waals surface area contributed by atoms with E-state index in [1.54, 1.807) is 30.5 Å². The van der Waals surface area contributed by atoms with Crippen LogP contribution in [0, 0.1) is 0 Å². The van der Waals surface area contributed by atoms with Crippen molar-refractivity contribution in [2.45, 2.75) is 37.8 Å². The van der Waals surface area contributed by atoms with Crippen LogP contribution in [-0.2, 0) is 0 Å². The van der Waals surface area contributed by atoms with Crippen molar-refractivity contribution in [3.63, 3.8) is 0 Å². The van der Waals surface area contributed by atoms with Crippen LogP contribution in [0.5, 0.6) is 0 Å². The van der Waals surface area contributed by atoms with Crippen LogP contribution in [0.4, 0.5) is 11.8 Å². The molecule has 0 aliphatic heterocycles. The lowest BCUT2D eigenvalue weighted by molar-refractivity contribution is 0.0926. The number of anilines is 2. The number of aromatic nitrogens is 2. The summed E-state index contributed by atoms with van der Waals surface area (Å²) in [5.74, 6) is 1.47. The van der Waals surface area contributed by atoms with Crippen molar-refractivity contribution in [2.24, 2.45) is 0 Å². The maximum Gasteiger partial charge on any atom is 0.251 e. The van der Waals surface area contributed by atoms with E-state index in [4.69, 9.17) is 11.6 Å². The minimum Gasteiger partial charge on any atom is -0.363 e. The zero-order valence-corrected chi connectivity index (χ0v) is 15.8. The molecule has 0 radical (unpaired) electrons. The van der Waals surface area contributed by atoms with Crippen LogP contribution in [0.1, 0.15) is 36.0 Å². The maximum atomic E-state index is 12.3. The van der Waals surface area contributed by atoms with Gasteiger partial charge in [0.1, 0.15) is 5.82 Å². The summed E-state index contributed by atoms with van der Waals surface area (Å²) in [7, 11) is 3.92. The monoisotopic (exact) mass is 373 g/mol. The largest absolute Gasteiger partial charge is 0.363 e. The number of carbonyl (C=O) groups excluding carboxylic acids is 1. The van der Waals surface area contributed by atoms with Gasteiger partial charge < -0.3 is 15.5 Å². The van der Waals surface area contributed by atoms with Crippen molar-refractivity contribution in [1.82, 2.24) is 15.3 Å². The summed E-state index contributed by atoms with van der Waals surface area (Å²) in [6.07, 6.45) is 5.56. The maximum absolute atomic E-state index is 12.3. The van der Waals surface area contributed by atoms with Crippen molar-refractivity contribution >= 4 is 29.3 Å². The summed E-state index contributed by atoms with van der Waals surface area (Å²) in [5.41, 5.74) is 0.603. The molecule has 2 N–H and O–H groups in total. The average molecular weight is 374 g/mol. The number of hydrogen-bond donors (Lipinski definition) is 2. The molecule has 2 aromatic rings. The summed E-state index contributed by atoms with van der Waals surface area (Å²) in [6.45, 7) is 0. The van der Waals surface area contributed by atoms with Gasteiger partial charge in [-0.2, -0.15) is 4.98 Å². The van der Waals surface area contributed by atoms with E-state index in [0.29, 0.717) is 22.6 Å². The minimum atomic E-state index is -0.0640. The van der Waals surface area contributed by atoms with Crippen LogP contribution in [0.2, 0.25) is 5.02 Å². The predicted octanol–water partition coefficient (Wildman–Crippen LogP) is 3.35. The molecule has 26 heavy (non-hydrogen) atoms. The highest BCUT2D eigenvalue weighted by molar-refractivity contribution is 6.30. The molecule has 1 aromatic heterocycles. The van der Waals surface area contributed by atoms with Gasteiger partial charge >= 0.3 is 0 Å². The fourth-order valence-corrected chi connectivity index (χ4v) is 3.32. The van der Waals surface area contributed by atoms with E-state index in [-0.39, 0.29) is 11.9 Å². The number of hydrogen-bond acceptors (Lipinski definition) is 5. The molecule has 1 aliphatic carbocycles. The van der Waals surface area contributed by atoms with Gasteiger partial charge in [0.15, 0.2) is 0 Å². The second-order valence-electron chi connectivity index (χ2n) is 6.81. The van der Waals surface area contributed by atoms with Crippen LogP contribution in [0.3, 0.4) is 0 Å². The minimum absolute atomic E-state index is 0.0640. The molecule has 7 heteroatoms. The second kappa shape index (κ2) is 8.36. The van der Waals surface area contributed by atoms with Crippen LogP contribution >= 0.6 is 11.6 Å². The lowest BCUT2D eigenvalue weighted by atomic mass is 9.91. The molecule has 0 bridgehead atoms. The van der Waals surface area contributed by atoms with E-state index in [1.807, 2.05) is 25.1 Å². The summed E-state index contributed by atoms with van der Waals surface area (Å²) in [5, 5.41) is 7.09. The number of halogens is 1. The third-order valence-electron chi connectivity index (χ3n) is 4.58. The number of nitrogens with one attached hydrogen (secondary N) is 2. The molecule has 1 saturated carbocycles. The van der Waals surface area contributed by atoms with Crippen molar-refractivity contribution < 1.29 is 4.79 Å². The molecule has 1 amide bonds. The Morgan fingerprint density at radius 3 is 2.58 bits per heavy atom. The van der Waals surface area contributed by atoms with E-state index in [0.717, 1.165) is 31.5 Å². The van der Waals surface area contributed by atoms with Gasteiger partial charge in [-0.15, -0.1) is 0 Å². The number of amides is 1. The van der Waals surface area contributed by atoms with Gasteiger partial charge in [0.25, 0.3) is 5.91 Å². The van der Waals surface area contributed by atoms with Gasteiger partial charge in [-0.05, 0) is 49.9 Å². The van der Waals surface area contributed by atoms with Crippen molar-refractivity contribution in [1.29, 1.82) is 0 Å². The van der Waals surface area contributed by atoms with Gasteiger partial charge in [-0.25, -0.2) is 4.98 Å². The molecule has 1 aromatic carbocycles. The average Bonchev–Trinajstić information content (AvgIpc) is 2.63. The van der Waals surface area contributed by atoms with E-state index in [1.165, 1.54) is 0 Å². The molecule has 0 saturated heterocycles. The SMILES string of the molecule is CN(C)c1ccnc(NC2CCC(NC(=O)c3cccc(Cl)c3)CC2)n1. The zero-order valence-electron chi connectivity index (χ0n) is 15.1. The van der Waals surface area contributed by atoms with Gasteiger partial charge in [0.2, 0.25) is 5.95 Å². The molecule has 6 nitrogen and oxygen atoms in total. The summed E-state index contributed by atoms with van der Waals surface area (Å²) < 4.78 is 0. The second-order valence-corrected chi connectivity index (χ2v) is 7.25. The Morgan fingerprint density at radius 2 is 1.88 bits per heavy atom. The Hall–Kier alpha value is -2.34. The van der Waals surface area contributed by atoms with Gasteiger partial charge in [0, 0.05) is 43.0 Å². The number of benzene rings is 1. The smallest absolute Gasteiger partial charge is 0.251 e. The highest BCUT2D eigenvalue weighted by Gasteiger charge is 2.23. The highest BCUT2D eigenvalue weighted by atomic mass is 35.5. The Bertz CT molecular complexity index is 759. The topological polar surface area (TPSA) is 70.2 Å². The normalized spacial score (nSPS) is 19.7. The van der Waals surface area contributed by atoms with Gasteiger partial charge in [0.05, 0.1) is 0 Å². The molecule has 1 fully saturated rings. The lowest BCUT2D eigenvalue weighted by Crippen LogP contribution is -2.40. The molecular formula is C19H24ClN5O. The lowest BCUT2D eigenvalue weighted by Gasteiger charge is -2.29. The highest BCUT2D eigenvalue weighted by Crippen LogP contribution is 2.22. The van der Waals surface area contributed by atoms with Crippen LogP contribution in [0.15, 0.2) is 36.5 Å². The quantitative estimate of drug-likeness (QED) is 0.841. The van der Waals surface area contributed by atoms with E-state index < -0.39 is 0 Å². The van der Waals surface area contributed by atoms with E-state index in [2.05, 4.69) is 20.6 Å². The number of nitrogens with zero attached hydrogens (tertiary/aromatic N) is 3. The molecule has 0 atom stereocenters. The van der Waals surface area contributed by atoms with Crippen LogP contribution < -0.4 is 15.5 Å². The molecular weight excluding hydrogens is 350 g/mol. The molecule has 0 unspecified atom stereocenters. The fraction of sp³-hybridized carbons (Fsp3) is 0.421. The van der Waals surface area contributed by atoms with Crippen molar-refractivity contribution in [3.05, 3.63) is 47.1 Å².